The third-order valence-corrected chi connectivity index (χ3v) is 9.49. The van der Waals surface area contributed by atoms with Crippen molar-refractivity contribution >= 4 is 12.2 Å². The van der Waals surface area contributed by atoms with Crippen LogP contribution in [0.4, 0.5) is 22.8 Å². The number of nitrogens with zero attached hydrogens (tertiary/aromatic N) is 4. The largest absolute Gasteiger partial charge is 0.445 e. The van der Waals surface area contributed by atoms with E-state index >= 15 is 0 Å². The summed E-state index contributed by atoms with van der Waals surface area (Å²) in [5.74, 6) is 0.778. The van der Waals surface area contributed by atoms with E-state index in [1.54, 1.807) is 56.1 Å². The number of aromatic nitrogens is 4. The van der Waals surface area contributed by atoms with Gasteiger partial charge in [-0.15, -0.1) is 0 Å². The summed E-state index contributed by atoms with van der Waals surface area (Å²) in [4.78, 5) is 43.8. The Labute approximate surface area is 305 Å². The Morgan fingerprint density at radius 3 is 1.92 bits per heavy atom. The summed E-state index contributed by atoms with van der Waals surface area (Å²) in [7, 11) is 0. The van der Waals surface area contributed by atoms with Crippen molar-refractivity contribution in [1.29, 1.82) is 0 Å². The van der Waals surface area contributed by atoms with Crippen LogP contribution < -0.4 is 0 Å². The van der Waals surface area contributed by atoms with Crippen LogP contribution in [0.15, 0.2) is 85.1 Å². The molecule has 3 aromatic carbocycles. The molecule has 2 aromatic heterocycles. The fourth-order valence-corrected chi connectivity index (χ4v) is 6.94. The number of nitrogens with one attached hydrogen (secondary N) is 2. The molecular formula is C40H41F3N6O4. The van der Waals surface area contributed by atoms with Gasteiger partial charge in [-0.2, -0.15) is 13.2 Å². The number of alkyl halides is 3. The molecule has 2 N–H and O–H groups in total. The highest BCUT2D eigenvalue weighted by Gasteiger charge is 2.41. The number of H-pyrrole nitrogens is 2. The maximum atomic E-state index is 14.3. The highest BCUT2D eigenvalue weighted by atomic mass is 19.4. The van der Waals surface area contributed by atoms with E-state index in [2.05, 4.69) is 19.9 Å². The summed E-state index contributed by atoms with van der Waals surface area (Å²) in [5.41, 5.74) is 2.71. The van der Waals surface area contributed by atoms with E-state index in [1.807, 2.05) is 54.6 Å². The molecule has 2 amide bonds. The molecule has 0 bridgehead atoms. The number of aromatic amines is 2. The summed E-state index contributed by atoms with van der Waals surface area (Å²) >= 11 is 0. The van der Waals surface area contributed by atoms with E-state index < -0.39 is 29.6 Å². The number of carbonyl (C=O) groups is 2. The molecule has 5 aromatic rings. The standard InChI is InChI=1S/C40H41F3N6O4/c1-39(2,3)53-38(51)49-22-8-12-32(49)36-46-33(34(47-36)40(41,42)43)29-19-15-27(16-20-29)26-13-17-28(18-14-26)30-23-44-35(45-30)31-11-7-21-48(31)37(50)52-24-25-9-5-4-6-10-25/h4-6,9-10,13-20,23,31-32H,7-8,11-12,21-22,24H2,1-3H3,(H,44,45)(H,46,47)/t31-,32?/m0/s1. The highest BCUT2D eigenvalue weighted by Crippen LogP contribution is 2.40. The first-order valence-corrected chi connectivity index (χ1v) is 17.7. The molecule has 0 spiro atoms. The second-order valence-corrected chi connectivity index (χ2v) is 14.4. The van der Waals surface area contributed by atoms with Gasteiger partial charge in [0.1, 0.15) is 35.2 Å². The van der Waals surface area contributed by atoms with Gasteiger partial charge in [-0.25, -0.2) is 19.6 Å². The number of halogens is 3. The van der Waals surface area contributed by atoms with Crippen molar-refractivity contribution in [2.24, 2.45) is 0 Å². The van der Waals surface area contributed by atoms with Crippen LogP contribution in [0.3, 0.4) is 0 Å². The predicted octanol–water partition coefficient (Wildman–Crippen LogP) is 9.70. The normalized spacial score (nSPS) is 17.7. The minimum absolute atomic E-state index is 0.0842. The topological polar surface area (TPSA) is 116 Å². The number of imidazole rings is 2. The van der Waals surface area contributed by atoms with Gasteiger partial charge in [0.15, 0.2) is 0 Å². The van der Waals surface area contributed by atoms with Crippen molar-refractivity contribution in [3.8, 4) is 33.6 Å². The monoisotopic (exact) mass is 726 g/mol. The number of likely N-dealkylation sites (tertiary alicyclic amines) is 2. The number of ether oxygens (including phenoxy) is 2. The molecule has 276 valence electrons. The summed E-state index contributed by atoms with van der Waals surface area (Å²) < 4.78 is 53.9. The van der Waals surface area contributed by atoms with E-state index in [-0.39, 0.29) is 30.3 Å². The van der Waals surface area contributed by atoms with Crippen LogP contribution in [-0.2, 0) is 22.3 Å². The van der Waals surface area contributed by atoms with Crippen molar-refractivity contribution in [3.63, 3.8) is 0 Å². The fourth-order valence-electron chi connectivity index (χ4n) is 6.94. The van der Waals surface area contributed by atoms with Crippen molar-refractivity contribution in [2.45, 2.75) is 76.9 Å². The molecule has 0 saturated carbocycles. The SMILES string of the molecule is CC(C)(C)OC(=O)N1CCCC1c1nc(-c2ccc(-c3ccc(-c4cnc([C@@H]5CCCN5C(=O)OCc5ccccc5)[nH]4)cc3)cc2)c(C(F)(F)F)[nH]1. The lowest BCUT2D eigenvalue weighted by Gasteiger charge is -2.27. The number of amides is 2. The maximum Gasteiger partial charge on any atom is 0.433 e. The second kappa shape index (κ2) is 14.4. The molecule has 53 heavy (non-hydrogen) atoms. The van der Waals surface area contributed by atoms with Gasteiger partial charge < -0.3 is 19.4 Å². The molecule has 2 atom stereocenters. The van der Waals surface area contributed by atoms with Crippen LogP contribution in [0.5, 0.6) is 0 Å². The molecule has 2 fully saturated rings. The van der Waals surface area contributed by atoms with E-state index in [4.69, 9.17) is 9.47 Å². The minimum atomic E-state index is -4.68. The number of rotatable bonds is 7. The second-order valence-electron chi connectivity index (χ2n) is 14.4. The Morgan fingerprint density at radius 1 is 0.755 bits per heavy atom. The summed E-state index contributed by atoms with van der Waals surface area (Å²) in [6.45, 7) is 6.41. The van der Waals surface area contributed by atoms with Gasteiger partial charge >= 0.3 is 18.4 Å². The molecule has 4 heterocycles. The van der Waals surface area contributed by atoms with Gasteiger partial charge in [-0.1, -0.05) is 78.9 Å². The molecule has 2 saturated heterocycles. The molecular weight excluding hydrogens is 685 g/mol. The van der Waals surface area contributed by atoms with Crippen LogP contribution >= 0.6 is 0 Å². The van der Waals surface area contributed by atoms with Crippen molar-refractivity contribution in [2.75, 3.05) is 13.1 Å². The lowest BCUT2D eigenvalue weighted by atomic mass is 10.0. The first kappa shape index (κ1) is 35.8. The molecule has 7 rings (SSSR count). The number of benzene rings is 3. The molecule has 1 unspecified atom stereocenters. The maximum absolute atomic E-state index is 14.3. The molecule has 2 aliphatic heterocycles. The highest BCUT2D eigenvalue weighted by molar-refractivity contribution is 5.73. The quantitative estimate of drug-likeness (QED) is 0.173. The Morgan fingerprint density at radius 2 is 1.32 bits per heavy atom. The van der Waals surface area contributed by atoms with Crippen LogP contribution in [0.1, 0.15) is 81.4 Å². The van der Waals surface area contributed by atoms with Crippen molar-refractivity contribution in [1.82, 2.24) is 29.7 Å². The third kappa shape index (κ3) is 7.93. The lowest BCUT2D eigenvalue weighted by Crippen LogP contribution is -2.36. The average Bonchev–Trinajstić information content (AvgIpc) is 3.96. The summed E-state index contributed by atoms with van der Waals surface area (Å²) in [6.07, 6.45) is -1.16. The third-order valence-electron chi connectivity index (χ3n) is 9.49. The first-order chi connectivity index (χ1) is 25.3. The summed E-state index contributed by atoms with van der Waals surface area (Å²) in [6, 6.07) is 23.2. The first-order valence-electron chi connectivity index (χ1n) is 17.7. The molecule has 2 aliphatic rings. The zero-order valence-electron chi connectivity index (χ0n) is 29.7. The molecule has 10 nitrogen and oxygen atoms in total. The average molecular weight is 727 g/mol. The Kier molecular flexibility index (Phi) is 9.75. The van der Waals surface area contributed by atoms with Crippen LogP contribution in [0.2, 0.25) is 0 Å². The van der Waals surface area contributed by atoms with Gasteiger partial charge in [0, 0.05) is 18.7 Å². The van der Waals surface area contributed by atoms with Gasteiger partial charge in [-0.3, -0.25) is 9.80 Å². The van der Waals surface area contributed by atoms with Gasteiger partial charge in [0.25, 0.3) is 0 Å². The number of hydrogen-bond donors (Lipinski definition) is 2. The van der Waals surface area contributed by atoms with Crippen molar-refractivity contribution in [3.05, 3.63) is 108 Å². The Bertz CT molecular complexity index is 2050. The fraction of sp³-hybridized carbons (Fsp3) is 0.350. The van der Waals surface area contributed by atoms with Gasteiger partial charge in [0.2, 0.25) is 0 Å². The number of carbonyl (C=O) groups excluding carboxylic acids is 2. The Hall–Kier alpha value is -5.59. The molecule has 13 heteroatoms. The van der Waals surface area contributed by atoms with E-state index in [1.165, 1.54) is 4.90 Å². The zero-order chi connectivity index (χ0) is 37.3. The lowest BCUT2D eigenvalue weighted by molar-refractivity contribution is -0.140. The van der Waals surface area contributed by atoms with E-state index in [0.29, 0.717) is 37.3 Å². The van der Waals surface area contributed by atoms with Crippen LogP contribution in [0, 0.1) is 0 Å². The van der Waals surface area contributed by atoms with Gasteiger partial charge in [-0.05, 0) is 68.7 Å². The van der Waals surface area contributed by atoms with Crippen molar-refractivity contribution < 1.29 is 32.2 Å². The smallest absolute Gasteiger partial charge is 0.433 e. The summed E-state index contributed by atoms with van der Waals surface area (Å²) in [5, 5.41) is 0. The van der Waals surface area contributed by atoms with E-state index in [9.17, 15) is 22.8 Å². The van der Waals surface area contributed by atoms with E-state index in [0.717, 1.165) is 40.8 Å². The molecule has 0 aliphatic carbocycles. The zero-order valence-corrected chi connectivity index (χ0v) is 29.7. The molecule has 0 radical (unpaired) electrons. The number of hydrogen-bond acceptors (Lipinski definition) is 6. The Balaban J connectivity index is 1.04. The predicted molar refractivity (Wildman–Crippen MR) is 192 cm³/mol. The van der Waals surface area contributed by atoms with Crippen LogP contribution in [-0.4, -0.2) is 60.6 Å². The minimum Gasteiger partial charge on any atom is -0.445 e. The van der Waals surface area contributed by atoms with Gasteiger partial charge in [0.05, 0.1) is 24.0 Å². The van der Waals surface area contributed by atoms with Crippen LogP contribution in [0.25, 0.3) is 33.6 Å².